The van der Waals surface area contributed by atoms with Gasteiger partial charge >= 0.3 is 5.69 Å². The highest BCUT2D eigenvalue weighted by molar-refractivity contribution is 7.17. The highest BCUT2D eigenvalue weighted by Crippen LogP contribution is 2.19. The molecule has 0 fully saturated rings. The number of benzene rings is 2. The van der Waals surface area contributed by atoms with E-state index in [1.54, 1.807) is 48.7 Å². The molecule has 0 aliphatic heterocycles. The van der Waals surface area contributed by atoms with Crippen molar-refractivity contribution in [2.75, 3.05) is 5.32 Å². The molecular formula is C22H17ClFN3O3S. The van der Waals surface area contributed by atoms with Gasteiger partial charge in [-0.15, -0.1) is 11.3 Å². The van der Waals surface area contributed by atoms with E-state index in [0.717, 1.165) is 10.1 Å². The largest absolute Gasteiger partial charge is 0.332 e. The summed E-state index contributed by atoms with van der Waals surface area (Å²) in [6.45, 7) is 1.34. The molecule has 4 rings (SSSR count). The van der Waals surface area contributed by atoms with E-state index < -0.39 is 23.0 Å². The van der Waals surface area contributed by atoms with E-state index in [1.807, 2.05) is 0 Å². The van der Waals surface area contributed by atoms with Crippen molar-refractivity contribution in [2.45, 2.75) is 20.0 Å². The molecule has 2 aromatic heterocycles. The van der Waals surface area contributed by atoms with Crippen LogP contribution in [0.4, 0.5) is 10.1 Å². The smallest absolute Gasteiger partial charge is 0.322 e. The molecule has 0 atom stereocenters. The summed E-state index contributed by atoms with van der Waals surface area (Å²) in [5, 5.41) is 4.59. The van der Waals surface area contributed by atoms with Gasteiger partial charge in [0.05, 0.1) is 17.7 Å². The third kappa shape index (κ3) is 4.17. The number of thiophene rings is 1. The summed E-state index contributed by atoms with van der Waals surface area (Å²) in [5.41, 5.74) is 0.617. The van der Waals surface area contributed by atoms with Crippen molar-refractivity contribution in [1.82, 2.24) is 9.13 Å². The normalized spacial score (nSPS) is 11.1. The molecule has 2 aromatic carbocycles. The van der Waals surface area contributed by atoms with E-state index in [9.17, 15) is 18.8 Å². The van der Waals surface area contributed by atoms with Crippen LogP contribution in [0, 0.1) is 12.7 Å². The molecule has 1 N–H and O–H groups in total. The van der Waals surface area contributed by atoms with Gasteiger partial charge in [-0.2, -0.15) is 0 Å². The molecule has 158 valence electrons. The standard InChI is InChI=1S/C22H17ClFN3O3S/c1-13-6-7-17(16(24)10-13)25-19(28)12-26-18-8-9-31-20(18)21(29)27(22(26)30)11-14-4-2-3-5-15(14)23/h2-10H,11-12H2,1H3,(H,25,28). The third-order valence-electron chi connectivity index (χ3n) is 4.82. The van der Waals surface area contributed by atoms with E-state index in [1.165, 1.54) is 28.0 Å². The third-order valence-corrected chi connectivity index (χ3v) is 6.08. The molecule has 1 amide bonds. The Morgan fingerprint density at radius 1 is 1.13 bits per heavy atom. The average molecular weight is 458 g/mol. The zero-order valence-electron chi connectivity index (χ0n) is 16.4. The van der Waals surface area contributed by atoms with Crippen LogP contribution in [0.5, 0.6) is 0 Å². The zero-order valence-corrected chi connectivity index (χ0v) is 18.0. The van der Waals surface area contributed by atoms with Gasteiger partial charge in [-0.1, -0.05) is 35.9 Å². The summed E-state index contributed by atoms with van der Waals surface area (Å²) >= 11 is 7.38. The van der Waals surface area contributed by atoms with Crippen LogP contribution < -0.4 is 16.6 Å². The van der Waals surface area contributed by atoms with E-state index in [0.29, 0.717) is 20.8 Å². The number of aryl methyl sites for hydroxylation is 1. The number of nitrogens with one attached hydrogen (secondary N) is 1. The summed E-state index contributed by atoms with van der Waals surface area (Å²) in [5.74, 6) is -1.15. The summed E-state index contributed by atoms with van der Waals surface area (Å²) in [4.78, 5) is 38.7. The second kappa shape index (κ2) is 8.49. The summed E-state index contributed by atoms with van der Waals surface area (Å²) in [7, 11) is 0. The average Bonchev–Trinajstić information content (AvgIpc) is 3.22. The van der Waals surface area contributed by atoms with Gasteiger partial charge in [-0.05, 0) is 47.7 Å². The van der Waals surface area contributed by atoms with Gasteiger partial charge < -0.3 is 5.32 Å². The topological polar surface area (TPSA) is 73.1 Å². The first kappa shape index (κ1) is 21.0. The zero-order chi connectivity index (χ0) is 22.1. The summed E-state index contributed by atoms with van der Waals surface area (Å²) in [6, 6.07) is 13.0. The molecule has 0 saturated carbocycles. The molecule has 0 unspecified atom stereocenters. The second-order valence-corrected chi connectivity index (χ2v) is 8.34. The van der Waals surface area contributed by atoms with E-state index in [4.69, 9.17) is 11.6 Å². The predicted molar refractivity (Wildman–Crippen MR) is 121 cm³/mol. The number of rotatable bonds is 5. The number of hydrogen-bond donors (Lipinski definition) is 1. The Hall–Kier alpha value is -3.23. The van der Waals surface area contributed by atoms with E-state index >= 15 is 0 Å². The Labute approximate surface area is 185 Å². The Balaban J connectivity index is 1.73. The van der Waals surface area contributed by atoms with Gasteiger partial charge in [0.25, 0.3) is 5.56 Å². The Kier molecular flexibility index (Phi) is 5.75. The highest BCUT2D eigenvalue weighted by Gasteiger charge is 2.18. The van der Waals surface area contributed by atoms with Crippen molar-refractivity contribution >= 4 is 44.7 Å². The number of anilines is 1. The molecule has 0 radical (unpaired) electrons. The maximum atomic E-state index is 14.1. The van der Waals surface area contributed by atoms with Crippen molar-refractivity contribution in [3.8, 4) is 0 Å². The van der Waals surface area contributed by atoms with Gasteiger partial charge in [0.15, 0.2) is 0 Å². The molecule has 0 bridgehead atoms. The molecule has 2 heterocycles. The lowest BCUT2D eigenvalue weighted by atomic mass is 10.2. The number of carbonyl (C=O) groups is 1. The monoisotopic (exact) mass is 457 g/mol. The summed E-state index contributed by atoms with van der Waals surface area (Å²) < 4.78 is 16.7. The lowest BCUT2D eigenvalue weighted by Gasteiger charge is -2.13. The number of aromatic nitrogens is 2. The predicted octanol–water partition coefficient (Wildman–Crippen LogP) is 4.01. The van der Waals surface area contributed by atoms with Crippen molar-refractivity contribution in [3.05, 3.63) is 96.7 Å². The number of amides is 1. The fourth-order valence-corrected chi connectivity index (χ4v) is 4.32. The number of nitrogens with zero attached hydrogens (tertiary/aromatic N) is 2. The maximum absolute atomic E-state index is 14.1. The number of hydrogen-bond acceptors (Lipinski definition) is 4. The first-order valence-electron chi connectivity index (χ1n) is 9.35. The molecular weight excluding hydrogens is 441 g/mol. The first-order valence-corrected chi connectivity index (χ1v) is 10.6. The lowest BCUT2D eigenvalue weighted by molar-refractivity contribution is -0.116. The van der Waals surface area contributed by atoms with Crippen LogP contribution in [0.2, 0.25) is 5.02 Å². The van der Waals surface area contributed by atoms with Gasteiger partial charge in [0.1, 0.15) is 17.1 Å². The second-order valence-electron chi connectivity index (χ2n) is 7.02. The Bertz CT molecular complexity index is 1420. The van der Waals surface area contributed by atoms with Crippen LogP contribution >= 0.6 is 22.9 Å². The highest BCUT2D eigenvalue weighted by atomic mass is 35.5. The SMILES string of the molecule is Cc1ccc(NC(=O)Cn2c(=O)n(Cc3ccccc3Cl)c(=O)c3sccc32)c(F)c1. The molecule has 9 heteroatoms. The molecule has 6 nitrogen and oxygen atoms in total. The molecule has 0 saturated heterocycles. The van der Waals surface area contributed by atoms with Crippen LogP contribution in [0.3, 0.4) is 0 Å². The van der Waals surface area contributed by atoms with Crippen LogP contribution in [-0.4, -0.2) is 15.0 Å². The fraction of sp³-hybridized carbons (Fsp3) is 0.136. The van der Waals surface area contributed by atoms with Crippen LogP contribution in [0.15, 0.2) is 63.5 Å². The quantitative estimate of drug-likeness (QED) is 0.492. The minimum Gasteiger partial charge on any atom is -0.322 e. The molecule has 0 spiro atoms. The number of fused-ring (bicyclic) bond motifs is 1. The van der Waals surface area contributed by atoms with Crippen molar-refractivity contribution in [3.63, 3.8) is 0 Å². The van der Waals surface area contributed by atoms with Crippen LogP contribution in [0.25, 0.3) is 10.2 Å². The Morgan fingerprint density at radius 3 is 2.65 bits per heavy atom. The van der Waals surface area contributed by atoms with Gasteiger partial charge in [0, 0.05) is 5.02 Å². The number of halogens is 2. The van der Waals surface area contributed by atoms with E-state index in [-0.39, 0.29) is 18.8 Å². The van der Waals surface area contributed by atoms with Gasteiger partial charge in [0.2, 0.25) is 5.91 Å². The molecule has 0 aliphatic carbocycles. The van der Waals surface area contributed by atoms with Gasteiger partial charge in [-0.25, -0.2) is 9.18 Å². The van der Waals surface area contributed by atoms with Gasteiger partial charge in [-0.3, -0.25) is 18.7 Å². The minimum atomic E-state index is -0.643. The lowest BCUT2D eigenvalue weighted by Crippen LogP contribution is -2.41. The molecule has 0 aliphatic rings. The Morgan fingerprint density at radius 2 is 1.90 bits per heavy atom. The van der Waals surface area contributed by atoms with E-state index in [2.05, 4.69) is 5.32 Å². The first-order chi connectivity index (χ1) is 14.8. The van der Waals surface area contributed by atoms with Crippen LogP contribution in [-0.2, 0) is 17.9 Å². The number of carbonyl (C=O) groups excluding carboxylic acids is 1. The maximum Gasteiger partial charge on any atom is 0.332 e. The van der Waals surface area contributed by atoms with Crippen LogP contribution in [0.1, 0.15) is 11.1 Å². The van der Waals surface area contributed by atoms with Crippen molar-refractivity contribution in [2.24, 2.45) is 0 Å². The summed E-state index contributed by atoms with van der Waals surface area (Å²) in [6.07, 6.45) is 0. The van der Waals surface area contributed by atoms with Crippen molar-refractivity contribution < 1.29 is 9.18 Å². The minimum absolute atomic E-state index is 0.0228. The molecule has 31 heavy (non-hydrogen) atoms. The molecule has 4 aromatic rings. The van der Waals surface area contributed by atoms with Crippen molar-refractivity contribution in [1.29, 1.82) is 0 Å². The fourth-order valence-electron chi connectivity index (χ4n) is 3.28.